The summed E-state index contributed by atoms with van der Waals surface area (Å²) in [6.07, 6.45) is 5.82. The minimum Gasteiger partial charge on any atom is -0.388 e. The van der Waals surface area contributed by atoms with Crippen LogP contribution in [-0.2, 0) is 14.4 Å². The van der Waals surface area contributed by atoms with Crippen LogP contribution >= 0.6 is 0 Å². The molecule has 0 unspecified atom stereocenters. The predicted octanol–water partition coefficient (Wildman–Crippen LogP) is 3.75. The first kappa shape index (κ1) is 19.9. The molecule has 8 nitrogen and oxygen atoms in total. The highest BCUT2D eigenvalue weighted by Gasteiger charge is 2.03. The third-order valence-electron chi connectivity index (χ3n) is 3.11. The van der Waals surface area contributed by atoms with Crippen molar-refractivity contribution in [3.63, 3.8) is 0 Å². The highest BCUT2D eigenvalue weighted by atomic mass is 16.5. The van der Waals surface area contributed by atoms with Crippen molar-refractivity contribution in [3.05, 3.63) is 47.5 Å². The van der Waals surface area contributed by atoms with E-state index in [1.807, 2.05) is 0 Å². The maximum absolute atomic E-state index is 10.00. The SMILES string of the molecule is Cc1c(N=C=O)cccc1OC#N.Cc1ccc(N=C=O)cc1N=C=O. The van der Waals surface area contributed by atoms with Gasteiger partial charge < -0.3 is 4.74 Å². The van der Waals surface area contributed by atoms with E-state index in [0.29, 0.717) is 28.4 Å². The maximum Gasteiger partial charge on any atom is 0.292 e. The number of aryl methyl sites for hydroxylation is 1. The lowest BCUT2D eigenvalue weighted by molar-refractivity contribution is 0.503. The van der Waals surface area contributed by atoms with Crippen LogP contribution in [-0.4, -0.2) is 18.2 Å². The molecule has 0 aliphatic rings. The molecule has 128 valence electrons. The second-order valence-electron chi connectivity index (χ2n) is 4.67. The van der Waals surface area contributed by atoms with Crippen molar-refractivity contribution in [2.24, 2.45) is 15.0 Å². The molecule has 26 heavy (non-hydrogen) atoms. The Kier molecular flexibility index (Phi) is 8.13. The highest BCUT2D eigenvalue weighted by molar-refractivity contribution is 5.61. The number of nitriles is 1. The average molecular weight is 348 g/mol. The van der Waals surface area contributed by atoms with Crippen LogP contribution in [0, 0.1) is 25.4 Å². The zero-order valence-electron chi connectivity index (χ0n) is 13.9. The van der Waals surface area contributed by atoms with Crippen molar-refractivity contribution in [2.75, 3.05) is 0 Å². The maximum atomic E-state index is 10.00. The summed E-state index contributed by atoms with van der Waals surface area (Å²) in [5.74, 6) is 0.402. The molecule has 0 heterocycles. The van der Waals surface area contributed by atoms with Crippen LogP contribution in [0.5, 0.6) is 5.75 Å². The van der Waals surface area contributed by atoms with Crippen LogP contribution < -0.4 is 4.74 Å². The van der Waals surface area contributed by atoms with E-state index in [-0.39, 0.29) is 0 Å². The van der Waals surface area contributed by atoms with Crippen molar-refractivity contribution < 1.29 is 19.1 Å². The third-order valence-corrected chi connectivity index (χ3v) is 3.11. The van der Waals surface area contributed by atoms with Crippen LogP contribution in [0.25, 0.3) is 0 Å². The number of aliphatic imine (C=N–C) groups is 3. The van der Waals surface area contributed by atoms with Crippen molar-refractivity contribution in [2.45, 2.75) is 13.8 Å². The normalized spacial score (nSPS) is 8.35. The molecule has 2 aromatic rings. The Morgan fingerprint density at radius 1 is 0.885 bits per heavy atom. The van der Waals surface area contributed by atoms with Gasteiger partial charge in [-0.2, -0.15) is 15.0 Å². The van der Waals surface area contributed by atoms with Crippen molar-refractivity contribution in [1.82, 2.24) is 0 Å². The van der Waals surface area contributed by atoms with Gasteiger partial charge in [0.1, 0.15) is 5.75 Å². The molecule has 0 fully saturated rings. The number of nitrogens with zero attached hydrogens (tertiary/aromatic N) is 4. The Bertz CT molecular complexity index is 975. The van der Waals surface area contributed by atoms with Crippen molar-refractivity contribution in [1.29, 1.82) is 5.26 Å². The molecule has 0 aromatic heterocycles. The van der Waals surface area contributed by atoms with Gasteiger partial charge >= 0.3 is 0 Å². The Hall–Kier alpha value is -4.13. The predicted molar refractivity (Wildman–Crippen MR) is 91.9 cm³/mol. The summed E-state index contributed by atoms with van der Waals surface area (Å²) in [6.45, 7) is 3.51. The van der Waals surface area contributed by atoms with Gasteiger partial charge in [-0.25, -0.2) is 14.4 Å². The number of benzene rings is 2. The number of hydrogen-bond donors (Lipinski definition) is 0. The monoisotopic (exact) mass is 348 g/mol. The number of isocyanates is 3. The summed E-state index contributed by atoms with van der Waals surface area (Å²) < 4.78 is 4.64. The van der Waals surface area contributed by atoms with E-state index >= 15 is 0 Å². The standard InChI is InChI=1S/2C9H6N2O2/c1-7-2-3-8(10-5-12)4-9(7)11-6-13;1-7-8(11-6-12)3-2-4-9(7)13-5-10/h2*2-4H,1H3. The molecule has 0 bridgehead atoms. The largest absolute Gasteiger partial charge is 0.388 e. The van der Waals surface area contributed by atoms with Crippen molar-refractivity contribution in [3.8, 4) is 12.0 Å². The van der Waals surface area contributed by atoms with Crippen LogP contribution in [0.1, 0.15) is 11.1 Å². The fraction of sp³-hybridized carbons (Fsp3) is 0.111. The van der Waals surface area contributed by atoms with Crippen LogP contribution in [0.2, 0.25) is 0 Å². The number of ether oxygens (including phenoxy) is 1. The molecular weight excluding hydrogens is 336 g/mol. The summed E-state index contributed by atoms with van der Waals surface area (Å²) in [7, 11) is 0. The van der Waals surface area contributed by atoms with Crippen LogP contribution in [0.4, 0.5) is 17.1 Å². The molecule has 0 amide bonds. The first-order chi connectivity index (χ1) is 12.6. The van der Waals surface area contributed by atoms with Crippen LogP contribution in [0.3, 0.4) is 0 Å². The van der Waals surface area contributed by atoms with E-state index in [4.69, 9.17) is 5.26 Å². The van der Waals surface area contributed by atoms with E-state index in [0.717, 1.165) is 5.56 Å². The summed E-state index contributed by atoms with van der Waals surface area (Å²) >= 11 is 0. The second kappa shape index (κ2) is 10.6. The van der Waals surface area contributed by atoms with Gasteiger partial charge in [-0.1, -0.05) is 12.1 Å². The van der Waals surface area contributed by atoms with E-state index in [1.165, 1.54) is 24.3 Å². The van der Waals surface area contributed by atoms with Gasteiger partial charge in [-0.15, -0.1) is 5.26 Å². The quantitative estimate of drug-likeness (QED) is 0.473. The molecule has 0 N–H and O–H groups in total. The topological polar surface area (TPSA) is 121 Å². The lowest BCUT2D eigenvalue weighted by Crippen LogP contribution is -1.85. The molecule has 0 radical (unpaired) electrons. The third kappa shape index (κ3) is 5.82. The smallest absolute Gasteiger partial charge is 0.292 e. The van der Waals surface area contributed by atoms with Crippen LogP contribution in [0.15, 0.2) is 51.4 Å². The van der Waals surface area contributed by atoms with E-state index in [1.54, 1.807) is 50.4 Å². The number of hydrogen-bond acceptors (Lipinski definition) is 8. The van der Waals surface area contributed by atoms with E-state index in [2.05, 4.69) is 19.7 Å². The molecule has 0 spiro atoms. The zero-order valence-corrected chi connectivity index (χ0v) is 13.9. The zero-order chi connectivity index (χ0) is 19.4. The Balaban J connectivity index is 0.000000260. The first-order valence-corrected chi connectivity index (χ1v) is 7.07. The van der Waals surface area contributed by atoms with Gasteiger partial charge in [0, 0.05) is 5.56 Å². The minimum absolute atomic E-state index is 0.402. The summed E-state index contributed by atoms with van der Waals surface area (Å²) in [5.41, 5.74) is 2.82. The summed E-state index contributed by atoms with van der Waals surface area (Å²) in [6, 6.07) is 9.80. The average Bonchev–Trinajstić information content (AvgIpc) is 2.63. The molecule has 0 saturated carbocycles. The molecule has 0 saturated heterocycles. The molecule has 2 aromatic carbocycles. The van der Waals surface area contributed by atoms with Gasteiger partial charge in [0.25, 0.3) is 6.26 Å². The van der Waals surface area contributed by atoms with E-state index in [9.17, 15) is 14.4 Å². The Morgan fingerprint density at radius 2 is 1.54 bits per heavy atom. The fourth-order valence-corrected chi connectivity index (χ4v) is 1.82. The van der Waals surface area contributed by atoms with Gasteiger partial charge in [-0.05, 0) is 43.7 Å². The molecule has 0 aliphatic carbocycles. The second-order valence-corrected chi connectivity index (χ2v) is 4.67. The van der Waals surface area contributed by atoms with Gasteiger partial charge in [0.05, 0.1) is 17.1 Å². The number of carbonyl (C=O) groups excluding carboxylic acids is 3. The van der Waals surface area contributed by atoms with Gasteiger partial charge in [0.2, 0.25) is 18.2 Å². The van der Waals surface area contributed by atoms with Crippen molar-refractivity contribution >= 4 is 35.3 Å². The minimum atomic E-state index is 0.402. The highest BCUT2D eigenvalue weighted by Crippen LogP contribution is 2.27. The molecule has 8 heteroatoms. The first-order valence-electron chi connectivity index (χ1n) is 7.07. The Morgan fingerprint density at radius 3 is 2.15 bits per heavy atom. The molecular formula is C18H12N4O4. The summed E-state index contributed by atoms with van der Waals surface area (Å²) in [5, 5.41) is 8.28. The number of rotatable bonds is 4. The Labute approximate surface area is 148 Å². The van der Waals surface area contributed by atoms with Gasteiger partial charge in [-0.3, -0.25) is 0 Å². The lowest BCUT2D eigenvalue weighted by Gasteiger charge is -2.01. The lowest BCUT2D eigenvalue weighted by atomic mass is 10.2. The summed E-state index contributed by atoms with van der Waals surface area (Å²) in [4.78, 5) is 40.2. The van der Waals surface area contributed by atoms with Gasteiger partial charge in [0.15, 0.2) is 0 Å². The van der Waals surface area contributed by atoms with E-state index < -0.39 is 0 Å². The molecule has 2 rings (SSSR count). The fourth-order valence-electron chi connectivity index (χ4n) is 1.82. The molecule has 0 aliphatic heterocycles. The molecule has 0 atom stereocenters.